The Morgan fingerprint density at radius 1 is 1.00 bits per heavy atom. The molecule has 0 amide bonds. The predicted octanol–water partition coefficient (Wildman–Crippen LogP) is 6.97. The van der Waals surface area contributed by atoms with E-state index in [4.69, 9.17) is 24.7 Å². The highest BCUT2D eigenvalue weighted by Gasteiger charge is 2.33. The number of unbranched alkanes of at least 4 members (excludes halogenated alkanes) is 2. The SMILES string of the molecule is CCCCCOc1ccccc1C1C(C#N)=C(N)Oc2cc(OC(=O)C(C)Oc3ccc(C(C)C)cc3)ccc21. The molecule has 3 aromatic rings. The Morgan fingerprint density at radius 3 is 2.42 bits per heavy atom. The van der Waals surface area contributed by atoms with Crippen LogP contribution in [0.15, 0.2) is 78.2 Å². The number of nitriles is 1. The van der Waals surface area contributed by atoms with E-state index in [9.17, 15) is 10.1 Å². The van der Waals surface area contributed by atoms with E-state index in [1.807, 2.05) is 48.5 Å². The van der Waals surface area contributed by atoms with Crippen LogP contribution in [-0.2, 0) is 4.79 Å². The van der Waals surface area contributed by atoms with Crippen molar-refractivity contribution in [3.05, 3.63) is 94.9 Å². The lowest BCUT2D eigenvalue weighted by Crippen LogP contribution is -2.28. The van der Waals surface area contributed by atoms with Gasteiger partial charge in [-0.15, -0.1) is 0 Å². The molecule has 0 saturated carbocycles. The second kappa shape index (κ2) is 13.1. The molecule has 0 radical (unpaired) electrons. The maximum Gasteiger partial charge on any atom is 0.352 e. The Labute approximate surface area is 236 Å². The molecule has 1 aliphatic rings. The molecule has 3 aromatic carbocycles. The summed E-state index contributed by atoms with van der Waals surface area (Å²) in [4.78, 5) is 12.8. The van der Waals surface area contributed by atoms with Gasteiger partial charge in [0.25, 0.3) is 0 Å². The number of esters is 1. The summed E-state index contributed by atoms with van der Waals surface area (Å²) in [5, 5.41) is 9.96. The van der Waals surface area contributed by atoms with Crippen LogP contribution in [0.4, 0.5) is 0 Å². The van der Waals surface area contributed by atoms with Gasteiger partial charge >= 0.3 is 5.97 Å². The van der Waals surface area contributed by atoms with Crippen molar-refractivity contribution in [3.8, 4) is 29.1 Å². The standard InChI is InChI=1S/C33H36N2O5/c1-5-6-9-18-37-29-11-8-7-10-26(29)31-27-17-16-25(19-30(27)40-32(35)28(31)20-34)39-33(36)22(4)38-24-14-12-23(13-15-24)21(2)3/h7-8,10-17,19,21-22,31H,5-6,9,18,35H2,1-4H3. The van der Waals surface area contributed by atoms with Gasteiger partial charge in [-0.3, -0.25) is 0 Å². The number of carbonyl (C=O) groups excluding carboxylic acids is 1. The number of hydrogen-bond acceptors (Lipinski definition) is 7. The fourth-order valence-electron chi connectivity index (χ4n) is 4.59. The van der Waals surface area contributed by atoms with Crippen molar-refractivity contribution in [1.29, 1.82) is 5.26 Å². The lowest BCUT2D eigenvalue weighted by molar-refractivity contribution is -0.141. The first kappa shape index (κ1) is 28.6. The van der Waals surface area contributed by atoms with Gasteiger partial charge in [-0.1, -0.05) is 70.0 Å². The monoisotopic (exact) mass is 540 g/mol. The largest absolute Gasteiger partial charge is 0.493 e. The molecule has 0 aromatic heterocycles. The summed E-state index contributed by atoms with van der Waals surface area (Å²) >= 11 is 0. The Morgan fingerprint density at radius 2 is 1.73 bits per heavy atom. The van der Waals surface area contributed by atoms with E-state index in [1.54, 1.807) is 25.1 Å². The van der Waals surface area contributed by atoms with Crippen LogP contribution >= 0.6 is 0 Å². The molecular formula is C33H36N2O5. The molecule has 2 unspecified atom stereocenters. The summed E-state index contributed by atoms with van der Waals surface area (Å²) < 4.78 is 23.3. The minimum Gasteiger partial charge on any atom is -0.493 e. The summed E-state index contributed by atoms with van der Waals surface area (Å²) in [6, 6.07) is 22.6. The first-order chi connectivity index (χ1) is 19.3. The Kier molecular flexibility index (Phi) is 9.34. The van der Waals surface area contributed by atoms with Gasteiger partial charge in [0.1, 0.15) is 34.6 Å². The van der Waals surface area contributed by atoms with Crippen molar-refractivity contribution in [3.63, 3.8) is 0 Å². The molecule has 0 bridgehead atoms. The van der Waals surface area contributed by atoms with E-state index in [0.29, 0.717) is 35.3 Å². The number of hydrogen-bond donors (Lipinski definition) is 1. The zero-order valence-electron chi connectivity index (χ0n) is 23.5. The maximum absolute atomic E-state index is 12.8. The molecule has 0 spiro atoms. The number of fused-ring (bicyclic) bond motifs is 1. The third kappa shape index (κ3) is 6.58. The van der Waals surface area contributed by atoms with Gasteiger partial charge in [0.15, 0.2) is 6.10 Å². The second-order valence-corrected chi connectivity index (χ2v) is 10.1. The van der Waals surface area contributed by atoms with Gasteiger partial charge in [-0.2, -0.15) is 5.26 Å². The van der Waals surface area contributed by atoms with Crippen LogP contribution in [0.25, 0.3) is 0 Å². The Hall–Kier alpha value is -4.44. The van der Waals surface area contributed by atoms with E-state index in [2.05, 4.69) is 26.8 Å². The lowest BCUT2D eigenvalue weighted by atomic mass is 9.83. The number of nitrogens with two attached hydrogens (primary N) is 1. The molecule has 7 nitrogen and oxygen atoms in total. The molecule has 1 aliphatic heterocycles. The maximum atomic E-state index is 12.8. The van der Waals surface area contributed by atoms with Crippen LogP contribution in [0.1, 0.15) is 75.5 Å². The fraction of sp³-hybridized carbons (Fsp3) is 0.333. The number of rotatable bonds is 11. The van der Waals surface area contributed by atoms with Crippen molar-refractivity contribution >= 4 is 5.97 Å². The van der Waals surface area contributed by atoms with Gasteiger partial charge in [0.2, 0.25) is 5.88 Å². The summed E-state index contributed by atoms with van der Waals surface area (Å²) in [5.41, 5.74) is 9.23. The third-order valence-corrected chi connectivity index (χ3v) is 6.84. The average Bonchev–Trinajstić information content (AvgIpc) is 2.95. The molecule has 0 fully saturated rings. The number of benzene rings is 3. The van der Waals surface area contributed by atoms with Crippen LogP contribution < -0.4 is 24.7 Å². The highest BCUT2D eigenvalue weighted by atomic mass is 16.6. The fourth-order valence-corrected chi connectivity index (χ4v) is 4.59. The summed E-state index contributed by atoms with van der Waals surface area (Å²) in [6.07, 6.45) is 2.29. The zero-order chi connectivity index (χ0) is 28.6. The molecule has 0 saturated heterocycles. The van der Waals surface area contributed by atoms with E-state index < -0.39 is 18.0 Å². The number of nitrogens with zero attached hydrogens (tertiary/aromatic N) is 1. The van der Waals surface area contributed by atoms with Gasteiger partial charge in [0.05, 0.1) is 12.5 Å². The Bertz CT molecular complexity index is 1410. The summed E-state index contributed by atoms with van der Waals surface area (Å²) in [5.74, 6) is 1.34. The minimum absolute atomic E-state index is 0.00538. The normalized spacial score (nSPS) is 15.1. The minimum atomic E-state index is -0.832. The van der Waals surface area contributed by atoms with Gasteiger partial charge < -0.3 is 24.7 Å². The summed E-state index contributed by atoms with van der Waals surface area (Å²) in [6.45, 7) is 8.60. The van der Waals surface area contributed by atoms with Crippen LogP contribution in [0, 0.1) is 11.3 Å². The predicted molar refractivity (Wildman–Crippen MR) is 153 cm³/mol. The lowest BCUT2D eigenvalue weighted by Gasteiger charge is -2.28. The molecule has 7 heteroatoms. The van der Waals surface area contributed by atoms with E-state index in [0.717, 1.165) is 30.4 Å². The molecular weight excluding hydrogens is 504 g/mol. The summed E-state index contributed by atoms with van der Waals surface area (Å²) in [7, 11) is 0. The molecule has 208 valence electrons. The van der Waals surface area contributed by atoms with Crippen molar-refractivity contribution in [2.24, 2.45) is 5.73 Å². The van der Waals surface area contributed by atoms with Crippen molar-refractivity contribution in [2.75, 3.05) is 6.61 Å². The van der Waals surface area contributed by atoms with Gasteiger partial charge in [-0.05, 0) is 49.1 Å². The molecule has 40 heavy (non-hydrogen) atoms. The first-order valence-electron chi connectivity index (χ1n) is 13.7. The van der Waals surface area contributed by atoms with Crippen molar-refractivity contribution < 1.29 is 23.7 Å². The number of ether oxygens (including phenoxy) is 4. The van der Waals surface area contributed by atoms with E-state index in [1.165, 1.54) is 5.56 Å². The van der Waals surface area contributed by atoms with Crippen LogP contribution in [0.3, 0.4) is 0 Å². The number of allylic oxidation sites excluding steroid dienone is 1. The molecule has 1 heterocycles. The molecule has 0 aliphatic carbocycles. The van der Waals surface area contributed by atoms with Crippen LogP contribution in [-0.4, -0.2) is 18.7 Å². The van der Waals surface area contributed by atoms with Crippen molar-refractivity contribution in [2.45, 2.75) is 64.9 Å². The third-order valence-electron chi connectivity index (χ3n) is 6.84. The van der Waals surface area contributed by atoms with E-state index in [-0.39, 0.29) is 11.6 Å². The van der Waals surface area contributed by atoms with Crippen LogP contribution in [0.2, 0.25) is 0 Å². The molecule has 2 N–H and O–H groups in total. The molecule has 2 atom stereocenters. The van der Waals surface area contributed by atoms with Crippen molar-refractivity contribution in [1.82, 2.24) is 0 Å². The highest BCUT2D eigenvalue weighted by Crippen LogP contribution is 2.46. The second-order valence-electron chi connectivity index (χ2n) is 10.1. The highest BCUT2D eigenvalue weighted by molar-refractivity contribution is 5.77. The van der Waals surface area contributed by atoms with Gasteiger partial charge in [-0.25, -0.2) is 4.79 Å². The number of para-hydroxylation sites is 1. The zero-order valence-corrected chi connectivity index (χ0v) is 23.5. The molecule has 4 rings (SSSR count). The van der Waals surface area contributed by atoms with Crippen LogP contribution in [0.5, 0.6) is 23.0 Å². The average molecular weight is 541 g/mol. The quantitative estimate of drug-likeness (QED) is 0.159. The number of carbonyl (C=O) groups is 1. The van der Waals surface area contributed by atoms with Gasteiger partial charge in [0, 0.05) is 17.2 Å². The topological polar surface area (TPSA) is 104 Å². The smallest absolute Gasteiger partial charge is 0.352 e. The van der Waals surface area contributed by atoms with E-state index >= 15 is 0 Å². The first-order valence-corrected chi connectivity index (χ1v) is 13.7. The Balaban J connectivity index is 1.54.